The van der Waals surface area contributed by atoms with Gasteiger partial charge < -0.3 is 0 Å². The standard InChI is InChI=1S/C6H14Si/c1-6(2)4-3-5-7-6/h3-5,7H2,1-2H3. The van der Waals surface area contributed by atoms with Crippen LogP contribution in [-0.4, -0.2) is 9.52 Å². The van der Waals surface area contributed by atoms with Crippen molar-refractivity contribution in [2.24, 2.45) is 0 Å². The lowest BCUT2D eigenvalue weighted by atomic mass is 10.1. The molecule has 0 nitrogen and oxygen atoms in total. The van der Waals surface area contributed by atoms with Crippen molar-refractivity contribution >= 4 is 9.52 Å². The van der Waals surface area contributed by atoms with Crippen molar-refractivity contribution in [2.45, 2.75) is 37.8 Å². The minimum atomic E-state index is 0.371. The van der Waals surface area contributed by atoms with Gasteiger partial charge in [-0.25, -0.2) is 0 Å². The van der Waals surface area contributed by atoms with E-state index in [0.29, 0.717) is 9.52 Å². The van der Waals surface area contributed by atoms with E-state index < -0.39 is 0 Å². The molecule has 0 atom stereocenters. The molecule has 1 aliphatic rings. The first kappa shape index (κ1) is 5.36. The Labute approximate surface area is 48.1 Å². The minimum absolute atomic E-state index is 0.371. The average molecular weight is 114 g/mol. The van der Waals surface area contributed by atoms with Gasteiger partial charge in [0.2, 0.25) is 0 Å². The summed E-state index contributed by atoms with van der Waals surface area (Å²) in [6.07, 6.45) is 3.04. The molecule has 0 bridgehead atoms. The van der Waals surface area contributed by atoms with Gasteiger partial charge in [0.05, 0.1) is 0 Å². The number of hydrogen-bond acceptors (Lipinski definition) is 0. The van der Waals surface area contributed by atoms with Gasteiger partial charge >= 0.3 is 0 Å². The molecule has 0 N–H and O–H groups in total. The van der Waals surface area contributed by atoms with Gasteiger partial charge in [-0.3, -0.25) is 0 Å². The molecule has 1 heterocycles. The van der Waals surface area contributed by atoms with Crippen LogP contribution in [0.4, 0.5) is 0 Å². The summed E-state index contributed by atoms with van der Waals surface area (Å²) in [4.78, 5) is 0. The minimum Gasteiger partial charge on any atom is -0.0629 e. The molecule has 1 fully saturated rings. The Balaban J connectivity index is 2.40. The molecule has 0 amide bonds. The molecule has 1 rings (SSSR count). The van der Waals surface area contributed by atoms with E-state index in [1.807, 2.05) is 0 Å². The molecule has 0 aromatic carbocycles. The van der Waals surface area contributed by atoms with Crippen molar-refractivity contribution in [3.05, 3.63) is 0 Å². The largest absolute Gasteiger partial charge is 0.0629 e. The van der Waals surface area contributed by atoms with Crippen LogP contribution in [0.2, 0.25) is 11.1 Å². The predicted molar refractivity (Wildman–Crippen MR) is 36.6 cm³/mol. The molecule has 1 aliphatic heterocycles. The molecule has 0 saturated carbocycles. The summed E-state index contributed by atoms with van der Waals surface area (Å²) in [5.41, 5.74) is 0. The quantitative estimate of drug-likeness (QED) is 0.419. The summed E-state index contributed by atoms with van der Waals surface area (Å²) < 4.78 is 0. The van der Waals surface area contributed by atoms with Gasteiger partial charge in [-0.1, -0.05) is 32.7 Å². The van der Waals surface area contributed by atoms with E-state index in [4.69, 9.17) is 0 Å². The van der Waals surface area contributed by atoms with E-state index in [1.54, 1.807) is 6.04 Å². The highest BCUT2D eigenvalue weighted by Gasteiger charge is 2.22. The number of hydrogen-bond donors (Lipinski definition) is 0. The maximum Gasteiger partial charge on any atom is 0.0263 e. The lowest BCUT2D eigenvalue weighted by Gasteiger charge is -2.13. The Hall–Kier alpha value is 0.217. The first-order valence-electron chi connectivity index (χ1n) is 3.21. The maximum absolute atomic E-state index is 2.42. The monoisotopic (exact) mass is 114 g/mol. The van der Waals surface area contributed by atoms with Crippen LogP contribution < -0.4 is 0 Å². The van der Waals surface area contributed by atoms with Crippen LogP contribution in [0.15, 0.2) is 0 Å². The Bertz CT molecular complexity index is 58.6. The van der Waals surface area contributed by atoms with E-state index in [-0.39, 0.29) is 0 Å². The zero-order valence-corrected chi connectivity index (χ0v) is 6.74. The van der Waals surface area contributed by atoms with Gasteiger partial charge in [-0.05, 0) is 5.04 Å². The fraction of sp³-hybridized carbons (Fsp3) is 1.00. The Morgan fingerprint density at radius 3 is 2.29 bits per heavy atom. The summed E-state index contributed by atoms with van der Waals surface area (Å²) in [6.45, 7) is 4.85. The lowest BCUT2D eigenvalue weighted by Crippen LogP contribution is -2.02. The van der Waals surface area contributed by atoms with Crippen molar-refractivity contribution < 1.29 is 0 Å². The van der Waals surface area contributed by atoms with Gasteiger partial charge in [0.25, 0.3) is 0 Å². The van der Waals surface area contributed by atoms with Gasteiger partial charge in [0, 0.05) is 9.52 Å². The van der Waals surface area contributed by atoms with Crippen molar-refractivity contribution in [3.8, 4) is 0 Å². The smallest absolute Gasteiger partial charge is 0.0263 e. The Morgan fingerprint density at radius 2 is 2.14 bits per heavy atom. The molecule has 0 spiro atoms. The third-order valence-corrected chi connectivity index (χ3v) is 4.52. The molecule has 1 heteroatoms. The van der Waals surface area contributed by atoms with E-state index in [0.717, 1.165) is 5.04 Å². The molecule has 0 radical (unpaired) electrons. The van der Waals surface area contributed by atoms with Crippen molar-refractivity contribution in [2.75, 3.05) is 0 Å². The molecule has 0 unspecified atom stereocenters. The summed E-state index contributed by atoms with van der Waals surface area (Å²) in [6, 6.07) is 1.60. The maximum atomic E-state index is 2.42. The molecule has 0 aromatic heterocycles. The van der Waals surface area contributed by atoms with Crippen LogP contribution in [0.3, 0.4) is 0 Å². The topological polar surface area (TPSA) is 0 Å². The molecular formula is C6H14Si. The average Bonchev–Trinajstić information content (AvgIpc) is 1.84. The fourth-order valence-corrected chi connectivity index (χ4v) is 3.29. The summed E-state index contributed by atoms with van der Waals surface area (Å²) in [7, 11) is 0.371. The third kappa shape index (κ3) is 1.30. The second kappa shape index (κ2) is 1.62. The van der Waals surface area contributed by atoms with Crippen LogP contribution in [0, 0.1) is 0 Å². The zero-order valence-electron chi connectivity index (χ0n) is 5.33. The van der Waals surface area contributed by atoms with Crippen LogP contribution >= 0.6 is 0 Å². The van der Waals surface area contributed by atoms with Crippen LogP contribution in [0.25, 0.3) is 0 Å². The summed E-state index contributed by atoms with van der Waals surface area (Å²) in [5, 5.41) is 0.833. The summed E-state index contributed by atoms with van der Waals surface area (Å²) >= 11 is 0. The van der Waals surface area contributed by atoms with Crippen molar-refractivity contribution in [1.29, 1.82) is 0 Å². The highest BCUT2D eigenvalue weighted by molar-refractivity contribution is 6.40. The Kier molecular flexibility index (Phi) is 1.24. The second-order valence-corrected chi connectivity index (χ2v) is 6.49. The Morgan fingerprint density at radius 1 is 1.43 bits per heavy atom. The van der Waals surface area contributed by atoms with E-state index in [9.17, 15) is 0 Å². The lowest BCUT2D eigenvalue weighted by molar-refractivity contribution is 0.637. The first-order valence-corrected chi connectivity index (χ1v) is 4.91. The second-order valence-electron chi connectivity index (χ2n) is 3.37. The van der Waals surface area contributed by atoms with Gasteiger partial charge in [0.15, 0.2) is 0 Å². The van der Waals surface area contributed by atoms with Crippen LogP contribution in [-0.2, 0) is 0 Å². The predicted octanol–water partition coefficient (Wildman–Crippen LogP) is 1.57. The first-order chi connectivity index (χ1) is 3.21. The molecule has 0 aliphatic carbocycles. The highest BCUT2D eigenvalue weighted by Crippen LogP contribution is 2.37. The van der Waals surface area contributed by atoms with Crippen LogP contribution in [0.1, 0.15) is 26.7 Å². The van der Waals surface area contributed by atoms with Gasteiger partial charge in [-0.15, -0.1) is 0 Å². The molecular weight excluding hydrogens is 100 g/mol. The van der Waals surface area contributed by atoms with Gasteiger partial charge in [-0.2, -0.15) is 0 Å². The number of rotatable bonds is 0. The van der Waals surface area contributed by atoms with E-state index in [2.05, 4.69) is 13.8 Å². The zero-order chi connectivity index (χ0) is 5.33. The van der Waals surface area contributed by atoms with Gasteiger partial charge in [0.1, 0.15) is 0 Å². The molecule has 7 heavy (non-hydrogen) atoms. The fourth-order valence-electron chi connectivity index (χ4n) is 1.33. The molecule has 0 aromatic rings. The molecule has 1 saturated heterocycles. The van der Waals surface area contributed by atoms with E-state index >= 15 is 0 Å². The van der Waals surface area contributed by atoms with E-state index in [1.165, 1.54) is 12.8 Å². The normalized spacial score (nSPS) is 31.7. The van der Waals surface area contributed by atoms with Crippen molar-refractivity contribution in [3.63, 3.8) is 0 Å². The third-order valence-electron chi connectivity index (χ3n) is 1.96. The molecule has 42 valence electrons. The highest BCUT2D eigenvalue weighted by atomic mass is 28.2. The van der Waals surface area contributed by atoms with Crippen molar-refractivity contribution in [1.82, 2.24) is 0 Å². The summed E-state index contributed by atoms with van der Waals surface area (Å²) in [5.74, 6) is 0. The SMILES string of the molecule is CC1(C)CCC[SiH2]1. The van der Waals surface area contributed by atoms with Crippen LogP contribution in [0.5, 0.6) is 0 Å².